The summed E-state index contributed by atoms with van der Waals surface area (Å²) in [5.41, 5.74) is 0.941. The predicted molar refractivity (Wildman–Crippen MR) is 156 cm³/mol. The van der Waals surface area contributed by atoms with Gasteiger partial charge in [-0.1, -0.05) is 44.7 Å². The SMILES string of the molecule is CCCCOc1ccc(S(=O)(=O)N2CCN(C(C)c3nc(NC4CCCCC4)c4ccccc4n3)CC2)cc1. The van der Waals surface area contributed by atoms with Crippen LogP contribution >= 0.6 is 0 Å². The lowest BCUT2D eigenvalue weighted by Crippen LogP contribution is -2.49. The molecule has 1 aliphatic heterocycles. The minimum absolute atomic E-state index is 0.0223. The van der Waals surface area contributed by atoms with E-state index in [0.717, 1.165) is 35.4 Å². The van der Waals surface area contributed by atoms with Crippen LogP contribution in [0.4, 0.5) is 5.82 Å². The zero-order valence-corrected chi connectivity index (χ0v) is 24.0. The average Bonchev–Trinajstić information content (AvgIpc) is 2.98. The van der Waals surface area contributed by atoms with Crippen LogP contribution < -0.4 is 10.1 Å². The van der Waals surface area contributed by atoms with Crippen LogP contribution in [-0.4, -0.2) is 66.4 Å². The standard InChI is InChI=1S/C30H41N5O3S/c1-3-4-22-38-25-14-16-26(17-15-25)39(36,37)35-20-18-34(19-21-35)23(2)29-32-28-13-9-8-12-27(28)30(33-29)31-24-10-6-5-7-11-24/h8-9,12-17,23-24H,3-7,10-11,18-22H2,1-2H3,(H,31,32,33). The molecule has 1 aromatic heterocycles. The van der Waals surface area contributed by atoms with Crippen molar-refractivity contribution in [2.24, 2.45) is 0 Å². The molecule has 1 saturated heterocycles. The van der Waals surface area contributed by atoms with Crippen molar-refractivity contribution in [1.29, 1.82) is 0 Å². The summed E-state index contributed by atoms with van der Waals surface area (Å²) >= 11 is 0. The van der Waals surface area contributed by atoms with Crippen LogP contribution in [0.15, 0.2) is 53.4 Å². The van der Waals surface area contributed by atoms with E-state index in [4.69, 9.17) is 14.7 Å². The molecule has 0 bridgehead atoms. The van der Waals surface area contributed by atoms with Crippen LogP contribution in [0.1, 0.15) is 70.7 Å². The Hall–Kier alpha value is -2.75. The van der Waals surface area contributed by atoms with Gasteiger partial charge in [-0.25, -0.2) is 18.4 Å². The third kappa shape index (κ3) is 6.53. The molecule has 9 heteroatoms. The quantitative estimate of drug-likeness (QED) is 0.327. The van der Waals surface area contributed by atoms with Crippen molar-refractivity contribution in [3.8, 4) is 5.75 Å². The van der Waals surface area contributed by atoms with Crippen molar-refractivity contribution in [1.82, 2.24) is 19.2 Å². The molecule has 210 valence electrons. The number of hydrogen-bond acceptors (Lipinski definition) is 7. The number of nitrogens with one attached hydrogen (secondary N) is 1. The molecule has 0 spiro atoms. The first-order valence-electron chi connectivity index (χ1n) is 14.5. The molecule has 1 unspecified atom stereocenters. The van der Waals surface area contributed by atoms with Gasteiger partial charge in [0.15, 0.2) is 0 Å². The van der Waals surface area contributed by atoms with Crippen molar-refractivity contribution in [3.05, 3.63) is 54.4 Å². The Morgan fingerprint density at radius 1 is 0.974 bits per heavy atom. The summed E-state index contributed by atoms with van der Waals surface area (Å²) in [7, 11) is -3.56. The molecule has 0 amide bonds. The lowest BCUT2D eigenvalue weighted by atomic mass is 9.95. The van der Waals surface area contributed by atoms with Gasteiger partial charge in [0.05, 0.1) is 23.1 Å². The minimum Gasteiger partial charge on any atom is -0.494 e. The minimum atomic E-state index is -3.56. The third-order valence-corrected chi connectivity index (χ3v) is 9.90. The Bertz CT molecular complexity index is 1330. The Labute approximate surface area is 232 Å². The van der Waals surface area contributed by atoms with Crippen LogP contribution in [0.3, 0.4) is 0 Å². The normalized spacial score (nSPS) is 18.7. The Morgan fingerprint density at radius 2 is 1.69 bits per heavy atom. The predicted octanol–water partition coefficient (Wildman–Crippen LogP) is 5.62. The first-order chi connectivity index (χ1) is 19.0. The van der Waals surface area contributed by atoms with E-state index in [-0.39, 0.29) is 6.04 Å². The average molecular weight is 552 g/mol. The number of para-hydroxylation sites is 1. The number of hydrogen-bond donors (Lipinski definition) is 1. The lowest BCUT2D eigenvalue weighted by molar-refractivity contribution is 0.141. The number of nitrogens with zero attached hydrogens (tertiary/aromatic N) is 4. The summed E-state index contributed by atoms with van der Waals surface area (Å²) in [6, 6.07) is 15.4. The second kappa shape index (κ2) is 12.6. The molecule has 1 saturated carbocycles. The van der Waals surface area contributed by atoms with Gasteiger partial charge >= 0.3 is 0 Å². The third-order valence-electron chi connectivity index (χ3n) is 7.99. The molecular weight excluding hydrogens is 510 g/mol. The maximum Gasteiger partial charge on any atom is 0.243 e. The highest BCUT2D eigenvalue weighted by atomic mass is 32.2. The molecule has 8 nitrogen and oxygen atoms in total. The topological polar surface area (TPSA) is 87.7 Å². The molecule has 2 fully saturated rings. The van der Waals surface area contributed by atoms with Gasteiger partial charge in [0, 0.05) is 37.6 Å². The first-order valence-corrected chi connectivity index (χ1v) is 15.9. The molecule has 3 aromatic rings. The largest absolute Gasteiger partial charge is 0.494 e. The zero-order chi connectivity index (χ0) is 27.2. The van der Waals surface area contributed by atoms with Crippen molar-refractivity contribution in [2.45, 2.75) is 75.8 Å². The van der Waals surface area contributed by atoms with Gasteiger partial charge in [-0.3, -0.25) is 4.90 Å². The molecule has 0 radical (unpaired) electrons. The van der Waals surface area contributed by atoms with E-state index in [9.17, 15) is 8.42 Å². The molecule has 2 heterocycles. The summed E-state index contributed by atoms with van der Waals surface area (Å²) in [6.07, 6.45) is 8.21. The summed E-state index contributed by atoms with van der Waals surface area (Å²) in [6.45, 7) is 6.99. The fraction of sp³-hybridized carbons (Fsp3) is 0.533. The van der Waals surface area contributed by atoms with Crippen LogP contribution in [0.25, 0.3) is 10.9 Å². The number of piperazine rings is 1. The highest BCUT2D eigenvalue weighted by Crippen LogP contribution is 2.29. The summed E-state index contributed by atoms with van der Waals surface area (Å²) in [5, 5.41) is 4.77. The number of benzene rings is 2. The highest BCUT2D eigenvalue weighted by Gasteiger charge is 2.31. The van der Waals surface area contributed by atoms with Crippen molar-refractivity contribution in [3.63, 3.8) is 0 Å². The number of aromatic nitrogens is 2. The van der Waals surface area contributed by atoms with Crippen LogP contribution in [0.5, 0.6) is 5.75 Å². The second-order valence-corrected chi connectivity index (χ2v) is 12.7. The highest BCUT2D eigenvalue weighted by molar-refractivity contribution is 7.89. The molecule has 39 heavy (non-hydrogen) atoms. The van der Waals surface area contributed by atoms with Gasteiger partial charge in [0.2, 0.25) is 10.0 Å². The first kappa shape index (κ1) is 27.8. The van der Waals surface area contributed by atoms with E-state index in [0.29, 0.717) is 49.5 Å². The Kier molecular flexibility index (Phi) is 8.99. The molecule has 1 N–H and O–H groups in total. The van der Waals surface area contributed by atoms with Crippen LogP contribution in [-0.2, 0) is 10.0 Å². The fourth-order valence-electron chi connectivity index (χ4n) is 5.52. The maximum absolute atomic E-state index is 13.3. The number of anilines is 1. The Morgan fingerprint density at radius 3 is 2.41 bits per heavy atom. The van der Waals surface area contributed by atoms with Gasteiger partial charge in [-0.2, -0.15) is 4.31 Å². The van der Waals surface area contributed by atoms with E-state index >= 15 is 0 Å². The number of rotatable bonds is 10. The molecule has 1 atom stereocenters. The number of sulfonamides is 1. The van der Waals surface area contributed by atoms with Crippen molar-refractivity contribution < 1.29 is 13.2 Å². The Balaban J connectivity index is 1.25. The number of unbranched alkanes of at least 4 members (excludes halogenated alkanes) is 1. The number of fused-ring (bicyclic) bond motifs is 1. The monoisotopic (exact) mass is 551 g/mol. The molecule has 2 aromatic carbocycles. The summed E-state index contributed by atoms with van der Waals surface area (Å²) < 4.78 is 33.9. The van der Waals surface area contributed by atoms with E-state index in [1.54, 1.807) is 28.6 Å². The van der Waals surface area contributed by atoms with Crippen molar-refractivity contribution >= 4 is 26.7 Å². The van der Waals surface area contributed by atoms with Gasteiger partial charge in [0.1, 0.15) is 17.4 Å². The van der Waals surface area contributed by atoms with E-state index in [1.165, 1.54) is 32.1 Å². The molecule has 2 aliphatic rings. The van der Waals surface area contributed by atoms with Crippen molar-refractivity contribution in [2.75, 3.05) is 38.1 Å². The van der Waals surface area contributed by atoms with Gasteiger partial charge in [0.25, 0.3) is 0 Å². The molecular formula is C30H41N5O3S. The molecule has 1 aliphatic carbocycles. The smallest absolute Gasteiger partial charge is 0.243 e. The van der Waals surface area contributed by atoms with Crippen LogP contribution in [0, 0.1) is 0 Å². The van der Waals surface area contributed by atoms with Crippen LogP contribution in [0.2, 0.25) is 0 Å². The van der Waals surface area contributed by atoms with Gasteiger partial charge < -0.3 is 10.1 Å². The zero-order valence-electron chi connectivity index (χ0n) is 23.2. The van der Waals surface area contributed by atoms with Gasteiger partial charge in [-0.05, 0) is 62.6 Å². The summed E-state index contributed by atoms with van der Waals surface area (Å²) in [5.74, 6) is 2.40. The second-order valence-electron chi connectivity index (χ2n) is 10.7. The maximum atomic E-state index is 13.3. The van der Waals surface area contributed by atoms with E-state index in [1.807, 2.05) is 18.2 Å². The fourth-order valence-corrected chi connectivity index (χ4v) is 6.94. The lowest BCUT2D eigenvalue weighted by Gasteiger charge is -2.37. The van der Waals surface area contributed by atoms with E-state index in [2.05, 4.69) is 30.1 Å². The van der Waals surface area contributed by atoms with Gasteiger partial charge in [-0.15, -0.1) is 0 Å². The molecule has 5 rings (SSSR count). The number of ether oxygens (including phenoxy) is 1. The summed E-state index contributed by atoms with van der Waals surface area (Å²) in [4.78, 5) is 12.5. The van der Waals surface area contributed by atoms with E-state index < -0.39 is 10.0 Å².